The van der Waals surface area contributed by atoms with Crippen molar-refractivity contribution in [3.8, 4) is 0 Å². The molecule has 0 unspecified atom stereocenters. The highest BCUT2D eigenvalue weighted by atomic mass is 15.5. The van der Waals surface area contributed by atoms with Crippen LogP contribution < -0.4 is 5.32 Å². The Morgan fingerprint density at radius 1 is 1.21 bits per heavy atom. The van der Waals surface area contributed by atoms with Gasteiger partial charge in [0.25, 0.3) is 0 Å². The van der Waals surface area contributed by atoms with Crippen LogP contribution in [0.1, 0.15) is 47.6 Å². The van der Waals surface area contributed by atoms with Crippen LogP contribution in [0.2, 0.25) is 0 Å². The highest BCUT2D eigenvalue weighted by Crippen LogP contribution is 2.05. The Bertz CT molecular complexity index is 240. The molecule has 0 aliphatic heterocycles. The Balaban J connectivity index is 0.000000791. The van der Waals surface area contributed by atoms with Crippen LogP contribution >= 0.6 is 0 Å². The number of rotatable bonds is 3. The molecule has 0 saturated heterocycles. The van der Waals surface area contributed by atoms with Crippen LogP contribution in [0.4, 0.5) is 5.82 Å². The SMILES string of the molecule is CC.CC(C)Nc1cnn(C(C)C)n1. The van der Waals surface area contributed by atoms with E-state index in [4.69, 9.17) is 0 Å². The normalized spacial score (nSPS) is 10.0. The summed E-state index contributed by atoms with van der Waals surface area (Å²) in [6.07, 6.45) is 1.75. The number of hydrogen-bond donors (Lipinski definition) is 1. The van der Waals surface area contributed by atoms with E-state index in [1.54, 1.807) is 11.0 Å². The molecular formula is C10H22N4. The highest BCUT2D eigenvalue weighted by Gasteiger charge is 2.03. The van der Waals surface area contributed by atoms with Crippen LogP contribution in [-0.4, -0.2) is 21.0 Å². The second-order valence-corrected chi connectivity index (χ2v) is 3.44. The third-order valence-corrected chi connectivity index (χ3v) is 1.41. The molecule has 0 bridgehead atoms. The van der Waals surface area contributed by atoms with Crippen molar-refractivity contribution in [1.82, 2.24) is 15.0 Å². The maximum atomic E-state index is 4.24. The van der Waals surface area contributed by atoms with Crippen LogP contribution in [-0.2, 0) is 0 Å². The van der Waals surface area contributed by atoms with E-state index >= 15 is 0 Å². The molecule has 4 nitrogen and oxygen atoms in total. The number of aromatic nitrogens is 3. The van der Waals surface area contributed by atoms with Gasteiger partial charge in [0.05, 0.1) is 12.2 Å². The van der Waals surface area contributed by atoms with E-state index in [0.29, 0.717) is 12.1 Å². The van der Waals surface area contributed by atoms with Crippen molar-refractivity contribution >= 4 is 5.82 Å². The molecule has 14 heavy (non-hydrogen) atoms. The number of hydrogen-bond acceptors (Lipinski definition) is 3. The average Bonchev–Trinajstić information content (AvgIpc) is 2.55. The zero-order valence-corrected chi connectivity index (χ0v) is 10.1. The molecule has 1 heterocycles. The maximum Gasteiger partial charge on any atom is 0.168 e. The van der Waals surface area contributed by atoms with Crippen molar-refractivity contribution in [3.05, 3.63) is 6.20 Å². The van der Waals surface area contributed by atoms with E-state index in [0.717, 1.165) is 5.82 Å². The Morgan fingerprint density at radius 2 is 1.79 bits per heavy atom. The van der Waals surface area contributed by atoms with Gasteiger partial charge in [0.2, 0.25) is 0 Å². The molecule has 82 valence electrons. The summed E-state index contributed by atoms with van der Waals surface area (Å²) in [4.78, 5) is 1.70. The summed E-state index contributed by atoms with van der Waals surface area (Å²) in [5.74, 6) is 0.846. The maximum absolute atomic E-state index is 4.24. The van der Waals surface area contributed by atoms with Gasteiger partial charge in [-0.2, -0.15) is 9.90 Å². The molecule has 4 heteroatoms. The molecule has 0 radical (unpaired) electrons. The zero-order chi connectivity index (χ0) is 11.1. The molecule has 0 aliphatic carbocycles. The summed E-state index contributed by atoms with van der Waals surface area (Å²) >= 11 is 0. The van der Waals surface area contributed by atoms with Crippen LogP contribution in [0.25, 0.3) is 0 Å². The van der Waals surface area contributed by atoms with E-state index in [1.165, 1.54) is 0 Å². The van der Waals surface area contributed by atoms with Crippen molar-refractivity contribution in [2.45, 2.75) is 53.6 Å². The first-order valence-corrected chi connectivity index (χ1v) is 5.28. The van der Waals surface area contributed by atoms with E-state index in [2.05, 4.69) is 43.2 Å². The minimum atomic E-state index is 0.327. The van der Waals surface area contributed by atoms with E-state index < -0.39 is 0 Å². The summed E-state index contributed by atoms with van der Waals surface area (Å²) < 4.78 is 0. The van der Waals surface area contributed by atoms with Gasteiger partial charge in [-0.25, -0.2) is 0 Å². The van der Waals surface area contributed by atoms with Gasteiger partial charge in [-0.15, -0.1) is 5.10 Å². The lowest BCUT2D eigenvalue weighted by atomic mass is 10.4. The van der Waals surface area contributed by atoms with Gasteiger partial charge in [0.1, 0.15) is 0 Å². The fraction of sp³-hybridized carbons (Fsp3) is 0.800. The summed E-state index contributed by atoms with van der Waals surface area (Å²) in [6.45, 7) is 12.3. The molecule has 0 saturated carbocycles. The highest BCUT2D eigenvalue weighted by molar-refractivity contribution is 5.29. The molecule has 0 fully saturated rings. The van der Waals surface area contributed by atoms with Crippen LogP contribution in [0.5, 0.6) is 0 Å². The molecule has 0 aliphatic rings. The minimum Gasteiger partial charge on any atom is -0.365 e. The second-order valence-electron chi connectivity index (χ2n) is 3.44. The summed E-state index contributed by atoms with van der Waals surface area (Å²) in [7, 11) is 0. The van der Waals surface area contributed by atoms with Crippen LogP contribution in [0, 0.1) is 0 Å². The van der Waals surface area contributed by atoms with Crippen LogP contribution in [0.3, 0.4) is 0 Å². The monoisotopic (exact) mass is 198 g/mol. The molecular weight excluding hydrogens is 176 g/mol. The first kappa shape index (κ1) is 12.9. The summed E-state index contributed by atoms with van der Waals surface area (Å²) in [5.41, 5.74) is 0. The van der Waals surface area contributed by atoms with Gasteiger partial charge in [0, 0.05) is 6.04 Å². The van der Waals surface area contributed by atoms with Gasteiger partial charge in [-0.3, -0.25) is 0 Å². The third kappa shape index (κ3) is 4.25. The number of anilines is 1. The first-order valence-electron chi connectivity index (χ1n) is 5.28. The van der Waals surface area contributed by atoms with Gasteiger partial charge in [-0.05, 0) is 27.7 Å². The molecule has 1 aromatic rings. The lowest BCUT2D eigenvalue weighted by Crippen LogP contribution is -2.11. The fourth-order valence-electron chi connectivity index (χ4n) is 0.887. The number of nitrogens with one attached hydrogen (secondary N) is 1. The Morgan fingerprint density at radius 3 is 2.14 bits per heavy atom. The Hall–Kier alpha value is -1.06. The van der Waals surface area contributed by atoms with Crippen molar-refractivity contribution in [2.75, 3.05) is 5.32 Å². The summed E-state index contributed by atoms with van der Waals surface area (Å²) in [6, 6.07) is 0.732. The largest absolute Gasteiger partial charge is 0.365 e. The smallest absolute Gasteiger partial charge is 0.168 e. The number of nitrogens with zero attached hydrogens (tertiary/aromatic N) is 3. The predicted octanol–water partition coefficient (Wildman–Crippen LogP) is 2.71. The molecule has 0 atom stereocenters. The van der Waals surface area contributed by atoms with Crippen molar-refractivity contribution in [3.63, 3.8) is 0 Å². The minimum absolute atomic E-state index is 0.327. The zero-order valence-electron chi connectivity index (χ0n) is 10.1. The molecule has 0 aromatic carbocycles. The van der Waals surface area contributed by atoms with Crippen molar-refractivity contribution in [1.29, 1.82) is 0 Å². The predicted molar refractivity (Wildman–Crippen MR) is 60.5 cm³/mol. The quantitative estimate of drug-likeness (QED) is 0.812. The molecule has 0 spiro atoms. The van der Waals surface area contributed by atoms with Crippen LogP contribution in [0.15, 0.2) is 6.20 Å². The van der Waals surface area contributed by atoms with Gasteiger partial charge in [-0.1, -0.05) is 13.8 Å². The lowest BCUT2D eigenvalue weighted by Gasteiger charge is -2.05. The second kappa shape index (κ2) is 6.40. The fourth-order valence-corrected chi connectivity index (χ4v) is 0.887. The topological polar surface area (TPSA) is 42.7 Å². The summed E-state index contributed by atoms with van der Waals surface area (Å²) in [5, 5.41) is 11.5. The van der Waals surface area contributed by atoms with E-state index in [1.807, 2.05) is 13.8 Å². The molecule has 1 rings (SSSR count). The van der Waals surface area contributed by atoms with Crippen molar-refractivity contribution in [2.24, 2.45) is 0 Å². The standard InChI is InChI=1S/C8H16N4.C2H6/c1-6(2)10-8-5-9-12(11-8)7(3)4;1-2/h5-7H,1-4H3,(H,10,11);1-2H3. The molecule has 0 amide bonds. The Kier molecular flexibility index (Phi) is 5.92. The van der Waals surface area contributed by atoms with Gasteiger partial charge >= 0.3 is 0 Å². The molecule has 1 N–H and O–H groups in total. The first-order chi connectivity index (χ1) is 6.59. The Labute approximate surface area is 86.7 Å². The molecule has 1 aromatic heterocycles. The van der Waals surface area contributed by atoms with Gasteiger partial charge in [0.15, 0.2) is 5.82 Å². The van der Waals surface area contributed by atoms with Crippen molar-refractivity contribution < 1.29 is 0 Å². The van der Waals surface area contributed by atoms with E-state index in [9.17, 15) is 0 Å². The van der Waals surface area contributed by atoms with Gasteiger partial charge < -0.3 is 5.32 Å². The lowest BCUT2D eigenvalue weighted by molar-refractivity contribution is 0.467. The third-order valence-electron chi connectivity index (χ3n) is 1.41. The van der Waals surface area contributed by atoms with E-state index in [-0.39, 0.29) is 0 Å². The average molecular weight is 198 g/mol.